The van der Waals surface area contributed by atoms with Crippen molar-refractivity contribution in [1.29, 1.82) is 0 Å². The van der Waals surface area contributed by atoms with Gasteiger partial charge in [0.05, 0.1) is 5.52 Å². The van der Waals surface area contributed by atoms with Crippen LogP contribution in [0.1, 0.15) is 25.3 Å². The highest BCUT2D eigenvalue weighted by molar-refractivity contribution is 5.81. The topological polar surface area (TPSA) is 45.1 Å². The minimum absolute atomic E-state index is 0.239. The van der Waals surface area contributed by atoms with E-state index in [9.17, 15) is 0 Å². The lowest BCUT2D eigenvalue weighted by Crippen LogP contribution is -2.28. The van der Waals surface area contributed by atoms with E-state index < -0.39 is 0 Å². The zero-order chi connectivity index (χ0) is 12.8. The fourth-order valence-electron chi connectivity index (χ4n) is 2.17. The van der Waals surface area contributed by atoms with Gasteiger partial charge in [-0.05, 0) is 30.5 Å². The zero-order valence-electron chi connectivity index (χ0n) is 10.8. The minimum Gasteiger partial charge on any atom is -0.396 e. The van der Waals surface area contributed by atoms with Crippen molar-refractivity contribution in [2.45, 2.75) is 32.4 Å². The van der Waals surface area contributed by atoms with Crippen molar-refractivity contribution in [2.24, 2.45) is 0 Å². The van der Waals surface area contributed by atoms with Gasteiger partial charge in [-0.1, -0.05) is 25.1 Å². The van der Waals surface area contributed by atoms with E-state index in [1.807, 2.05) is 24.4 Å². The summed E-state index contributed by atoms with van der Waals surface area (Å²) in [5.41, 5.74) is 2.30. The van der Waals surface area contributed by atoms with Crippen LogP contribution in [-0.2, 0) is 6.54 Å². The van der Waals surface area contributed by atoms with E-state index in [2.05, 4.69) is 29.4 Å². The Morgan fingerprint density at radius 3 is 2.89 bits per heavy atom. The highest BCUT2D eigenvalue weighted by Gasteiger charge is 2.06. The number of aliphatic hydroxyl groups is 1. The lowest BCUT2D eigenvalue weighted by Gasteiger charge is -2.16. The number of para-hydroxylation sites is 1. The van der Waals surface area contributed by atoms with Crippen molar-refractivity contribution >= 4 is 10.9 Å². The molecule has 0 aliphatic carbocycles. The van der Waals surface area contributed by atoms with Gasteiger partial charge in [0.2, 0.25) is 0 Å². The third-order valence-electron chi connectivity index (χ3n) is 3.29. The number of hydrogen-bond acceptors (Lipinski definition) is 3. The van der Waals surface area contributed by atoms with E-state index in [0.717, 1.165) is 24.9 Å². The maximum absolute atomic E-state index is 8.99. The molecule has 0 fully saturated rings. The lowest BCUT2D eigenvalue weighted by molar-refractivity contribution is 0.262. The van der Waals surface area contributed by atoms with Crippen LogP contribution in [0.3, 0.4) is 0 Å². The first-order chi connectivity index (χ1) is 8.85. The lowest BCUT2D eigenvalue weighted by atomic mass is 10.1. The summed E-state index contributed by atoms with van der Waals surface area (Å²) in [7, 11) is 0. The average Bonchev–Trinajstić information content (AvgIpc) is 2.43. The quantitative estimate of drug-likeness (QED) is 0.820. The third kappa shape index (κ3) is 3.06. The van der Waals surface area contributed by atoms with Crippen LogP contribution in [0.5, 0.6) is 0 Å². The summed E-state index contributed by atoms with van der Waals surface area (Å²) in [6.07, 6.45) is 3.69. The van der Waals surface area contributed by atoms with E-state index in [-0.39, 0.29) is 6.61 Å². The summed E-state index contributed by atoms with van der Waals surface area (Å²) in [4.78, 5) is 4.36. The molecule has 1 aromatic carbocycles. The Bertz CT molecular complexity index is 493. The number of rotatable bonds is 6. The van der Waals surface area contributed by atoms with Gasteiger partial charge in [-0.25, -0.2) is 0 Å². The first-order valence-electron chi connectivity index (χ1n) is 6.52. The first kappa shape index (κ1) is 13.0. The number of nitrogens with zero attached hydrogens (tertiary/aromatic N) is 1. The van der Waals surface area contributed by atoms with E-state index in [1.54, 1.807) is 0 Å². The van der Waals surface area contributed by atoms with Gasteiger partial charge in [0, 0.05) is 30.8 Å². The van der Waals surface area contributed by atoms with Crippen LogP contribution in [-0.4, -0.2) is 22.7 Å². The molecule has 0 amide bonds. The van der Waals surface area contributed by atoms with Gasteiger partial charge in [-0.15, -0.1) is 0 Å². The molecular weight excluding hydrogens is 224 g/mol. The maximum Gasteiger partial charge on any atom is 0.0705 e. The zero-order valence-corrected chi connectivity index (χ0v) is 10.8. The average molecular weight is 244 g/mol. The number of aromatic nitrogens is 1. The van der Waals surface area contributed by atoms with Gasteiger partial charge >= 0.3 is 0 Å². The van der Waals surface area contributed by atoms with Gasteiger partial charge in [-0.3, -0.25) is 4.98 Å². The summed E-state index contributed by atoms with van der Waals surface area (Å²) in [6, 6.07) is 10.6. The van der Waals surface area contributed by atoms with E-state index in [4.69, 9.17) is 5.11 Å². The van der Waals surface area contributed by atoms with Crippen LogP contribution in [0.4, 0.5) is 0 Å². The predicted octanol–water partition coefficient (Wildman–Crippen LogP) is 2.49. The van der Waals surface area contributed by atoms with Crippen LogP contribution in [0.15, 0.2) is 36.5 Å². The second kappa shape index (κ2) is 6.47. The fraction of sp³-hybridized carbons (Fsp3) is 0.400. The summed E-state index contributed by atoms with van der Waals surface area (Å²) < 4.78 is 0. The molecular formula is C15H20N2O. The predicted molar refractivity (Wildman–Crippen MR) is 74.4 cm³/mol. The highest BCUT2D eigenvalue weighted by Crippen LogP contribution is 2.16. The second-order valence-electron chi connectivity index (χ2n) is 4.49. The van der Waals surface area contributed by atoms with Crippen LogP contribution in [0.25, 0.3) is 10.9 Å². The molecule has 0 spiro atoms. The smallest absolute Gasteiger partial charge is 0.0705 e. The van der Waals surface area contributed by atoms with Crippen molar-refractivity contribution in [3.63, 3.8) is 0 Å². The number of hydrogen-bond donors (Lipinski definition) is 2. The Labute approximate surface area is 108 Å². The Morgan fingerprint density at radius 2 is 2.11 bits per heavy atom. The van der Waals surface area contributed by atoms with E-state index in [1.165, 1.54) is 10.9 Å². The van der Waals surface area contributed by atoms with Gasteiger partial charge in [0.25, 0.3) is 0 Å². The summed E-state index contributed by atoms with van der Waals surface area (Å²) >= 11 is 0. The SMILES string of the molecule is CCC(CCO)NCc1ccnc2ccccc12. The number of aliphatic hydroxyl groups excluding tert-OH is 1. The molecule has 0 radical (unpaired) electrons. The van der Waals surface area contributed by atoms with E-state index >= 15 is 0 Å². The van der Waals surface area contributed by atoms with Gasteiger partial charge < -0.3 is 10.4 Å². The molecule has 1 heterocycles. The van der Waals surface area contributed by atoms with Crippen molar-refractivity contribution in [2.75, 3.05) is 6.61 Å². The molecule has 18 heavy (non-hydrogen) atoms. The van der Waals surface area contributed by atoms with Crippen molar-refractivity contribution in [1.82, 2.24) is 10.3 Å². The Hall–Kier alpha value is -1.45. The van der Waals surface area contributed by atoms with Crippen molar-refractivity contribution < 1.29 is 5.11 Å². The van der Waals surface area contributed by atoms with Crippen molar-refractivity contribution in [3.05, 3.63) is 42.1 Å². The molecule has 0 aliphatic heterocycles. The van der Waals surface area contributed by atoms with Crippen LogP contribution in [0.2, 0.25) is 0 Å². The molecule has 2 N–H and O–H groups in total. The Balaban J connectivity index is 2.11. The van der Waals surface area contributed by atoms with Crippen LogP contribution in [0, 0.1) is 0 Å². The Kier molecular flexibility index (Phi) is 4.67. The van der Waals surface area contributed by atoms with Crippen molar-refractivity contribution in [3.8, 4) is 0 Å². The molecule has 2 aromatic rings. The molecule has 2 rings (SSSR count). The molecule has 0 bridgehead atoms. The van der Waals surface area contributed by atoms with Crippen LogP contribution >= 0.6 is 0 Å². The van der Waals surface area contributed by atoms with Gasteiger partial charge in [0.1, 0.15) is 0 Å². The molecule has 1 aromatic heterocycles. The molecule has 1 unspecified atom stereocenters. The normalized spacial score (nSPS) is 12.8. The number of fused-ring (bicyclic) bond motifs is 1. The third-order valence-corrected chi connectivity index (χ3v) is 3.29. The summed E-state index contributed by atoms with van der Waals surface area (Å²) in [6.45, 7) is 3.20. The molecule has 1 atom stereocenters. The number of pyridine rings is 1. The standard InChI is InChI=1S/C15H20N2O/c1-2-13(8-10-18)17-11-12-7-9-16-15-6-4-3-5-14(12)15/h3-7,9,13,17-18H,2,8,10-11H2,1H3. The summed E-state index contributed by atoms with van der Waals surface area (Å²) in [5.74, 6) is 0. The molecule has 96 valence electrons. The van der Waals surface area contributed by atoms with Gasteiger partial charge in [0.15, 0.2) is 0 Å². The fourth-order valence-corrected chi connectivity index (χ4v) is 2.17. The highest BCUT2D eigenvalue weighted by atomic mass is 16.3. The molecule has 3 heteroatoms. The monoisotopic (exact) mass is 244 g/mol. The Morgan fingerprint density at radius 1 is 1.28 bits per heavy atom. The molecule has 3 nitrogen and oxygen atoms in total. The molecule has 0 saturated heterocycles. The van der Waals surface area contributed by atoms with E-state index in [0.29, 0.717) is 6.04 Å². The van der Waals surface area contributed by atoms with Gasteiger partial charge in [-0.2, -0.15) is 0 Å². The molecule has 0 saturated carbocycles. The number of nitrogens with one attached hydrogen (secondary N) is 1. The molecule has 0 aliphatic rings. The maximum atomic E-state index is 8.99. The summed E-state index contributed by atoms with van der Waals surface area (Å²) in [5, 5.41) is 13.7. The largest absolute Gasteiger partial charge is 0.396 e. The van der Waals surface area contributed by atoms with Crippen LogP contribution < -0.4 is 5.32 Å². The minimum atomic E-state index is 0.239. The second-order valence-corrected chi connectivity index (χ2v) is 4.49. The first-order valence-corrected chi connectivity index (χ1v) is 6.52. The number of benzene rings is 1.